The Balaban J connectivity index is 0.000000170. The fourth-order valence-electron chi connectivity index (χ4n) is 7.34. The standard InChI is InChI=1S/C24H20B.C21H28N3/c1-5-13-21(14-6-1)25(22-15-7-2-8-16-22,23-17-9-3-10-18-23)24-19-11-4-12-20-24;1-15(2)19-11-18(22(5)6)12-20(16(3)4)21(19)24-13-17-9-7-8-10-23(17)14-24/h1-20H;7-16H,1-6H3/q-1;+1. The second-order valence-corrected chi connectivity index (χ2v) is 13.9. The number of fused-ring (bicyclic) bond motifs is 1. The average molecular weight is 642 g/mol. The number of pyridine rings is 1. The van der Waals surface area contributed by atoms with Crippen molar-refractivity contribution in [3.05, 3.63) is 182 Å². The van der Waals surface area contributed by atoms with Gasteiger partial charge in [-0.1, -0.05) is 155 Å². The molecule has 0 amide bonds. The van der Waals surface area contributed by atoms with Gasteiger partial charge in [0, 0.05) is 30.9 Å². The number of anilines is 1. The molecule has 0 radical (unpaired) electrons. The third kappa shape index (κ3) is 6.82. The van der Waals surface area contributed by atoms with Gasteiger partial charge in [0.2, 0.25) is 0 Å². The van der Waals surface area contributed by atoms with Gasteiger partial charge in [-0.2, -0.15) is 21.9 Å². The number of nitrogens with zero attached hydrogens (tertiary/aromatic N) is 3. The van der Waals surface area contributed by atoms with Crippen LogP contribution in [-0.4, -0.2) is 24.8 Å². The minimum absolute atomic E-state index is 0.466. The van der Waals surface area contributed by atoms with E-state index in [9.17, 15) is 0 Å². The Morgan fingerprint density at radius 3 is 1.27 bits per heavy atom. The van der Waals surface area contributed by atoms with Crippen LogP contribution in [0, 0.1) is 0 Å². The summed E-state index contributed by atoms with van der Waals surface area (Å²) in [6.45, 7) is 9.11. The molecule has 0 atom stereocenters. The molecule has 0 fully saturated rings. The number of hydrogen-bond acceptors (Lipinski definition) is 1. The van der Waals surface area contributed by atoms with Crippen molar-refractivity contribution in [1.29, 1.82) is 0 Å². The van der Waals surface area contributed by atoms with Crippen molar-refractivity contribution in [2.75, 3.05) is 19.0 Å². The lowest BCUT2D eigenvalue weighted by molar-refractivity contribution is -0.511. The lowest BCUT2D eigenvalue weighted by Crippen LogP contribution is -2.74. The molecule has 49 heavy (non-hydrogen) atoms. The molecule has 0 saturated heterocycles. The van der Waals surface area contributed by atoms with Crippen molar-refractivity contribution in [2.45, 2.75) is 39.5 Å². The fraction of sp³-hybridized carbons (Fsp3) is 0.178. The summed E-state index contributed by atoms with van der Waals surface area (Å²) in [7, 11) is 4.23. The average Bonchev–Trinajstić information content (AvgIpc) is 3.58. The molecule has 5 aromatic carbocycles. The van der Waals surface area contributed by atoms with Gasteiger partial charge in [0.05, 0.1) is 6.20 Å². The SMILES string of the molecule is CC(C)c1cc(N(C)C)cc(C(C)C)c1-n1cc2cccc[n+]2c1.c1ccc([B-](c2ccccc2)(c2ccccc2)c2ccccc2)cc1. The van der Waals surface area contributed by atoms with E-state index in [4.69, 9.17) is 0 Å². The van der Waals surface area contributed by atoms with Crippen LogP contribution < -0.4 is 31.2 Å². The molecule has 246 valence electrons. The Bertz CT molecular complexity index is 1860. The summed E-state index contributed by atoms with van der Waals surface area (Å²) < 4.78 is 4.47. The largest absolute Gasteiger partial charge is 0.378 e. The third-order valence-electron chi connectivity index (χ3n) is 9.81. The number of rotatable bonds is 8. The van der Waals surface area contributed by atoms with Gasteiger partial charge in [-0.15, -0.1) is 0 Å². The van der Waals surface area contributed by atoms with Crippen LogP contribution in [-0.2, 0) is 0 Å². The van der Waals surface area contributed by atoms with E-state index in [0.717, 1.165) is 0 Å². The molecule has 0 aliphatic rings. The van der Waals surface area contributed by atoms with E-state index in [0.29, 0.717) is 11.8 Å². The Labute approximate surface area is 293 Å². The third-order valence-corrected chi connectivity index (χ3v) is 9.81. The fourth-order valence-corrected chi connectivity index (χ4v) is 7.34. The molecule has 4 heteroatoms. The Hall–Kier alpha value is -5.35. The molecule has 0 N–H and O–H groups in total. The molecule has 2 aromatic heterocycles. The number of benzene rings is 5. The summed E-state index contributed by atoms with van der Waals surface area (Å²) in [6.07, 6.45) is 5.29. The lowest BCUT2D eigenvalue weighted by Gasteiger charge is -2.44. The number of hydrogen-bond donors (Lipinski definition) is 0. The topological polar surface area (TPSA) is 12.3 Å². The second kappa shape index (κ2) is 14.8. The van der Waals surface area contributed by atoms with Crippen LogP contribution in [0.25, 0.3) is 11.2 Å². The van der Waals surface area contributed by atoms with Gasteiger partial charge in [-0.25, -0.2) is 8.97 Å². The highest BCUT2D eigenvalue weighted by Crippen LogP contribution is 2.35. The summed E-state index contributed by atoms with van der Waals surface area (Å²) in [6, 6.07) is 54.5. The highest BCUT2D eigenvalue weighted by Gasteiger charge is 2.31. The first-order valence-corrected chi connectivity index (χ1v) is 17.5. The number of aromatic nitrogens is 2. The zero-order chi connectivity index (χ0) is 34.4. The second-order valence-electron chi connectivity index (χ2n) is 13.9. The zero-order valence-corrected chi connectivity index (χ0v) is 29.7. The van der Waals surface area contributed by atoms with Crippen molar-refractivity contribution in [3.63, 3.8) is 0 Å². The highest BCUT2D eigenvalue weighted by atomic mass is 15.1. The Kier molecular flexibility index (Phi) is 10.2. The van der Waals surface area contributed by atoms with E-state index in [2.05, 4.69) is 226 Å². The van der Waals surface area contributed by atoms with Crippen LogP contribution in [0.1, 0.15) is 50.7 Å². The molecular formula is C45H48BN3. The summed E-state index contributed by atoms with van der Waals surface area (Å²) in [5.41, 5.74) is 12.0. The van der Waals surface area contributed by atoms with Crippen LogP contribution in [0.2, 0.25) is 0 Å². The molecule has 0 spiro atoms. The molecular weight excluding hydrogens is 593 g/mol. The highest BCUT2D eigenvalue weighted by molar-refractivity contribution is 7.19. The van der Waals surface area contributed by atoms with E-state index in [1.165, 1.54) is 49.9 Å². The van der Waals surface area contributed by atoms with E-state index < -0.39 is 6.15 Å². The van der Waals surface area contributed by atoms with Crippen LogP contribution in [0.15, 0.2) is 170 Å². The minimum atomic E-state index is -1.22. The maximum atomic E-state index is 2.33. The van der Waals surface area contributed by atoms with Crippen molar-refractivity contribution in [3.8, 4) is 5.69 Å². The Morgan fingerprint density at radius 1 is 0.531 bits per heavy atom. The van der Waals surface area contributed by atoms with Crippen molar-refractivity contribution >= 4 is 39.2 Å². The van der Waals surface area contributed by atoms with Crippen LogP contribution in [0.5, 0.6) is 0 Å². The molecule has 7 rings (SSSR count). The van der Waals surface area contributed by atoms with E-state index in [1.54, 1.807) is 0 Å². The van der Waals surface area contributed by atoms with E-state index in [1.807, 2.05) is 0 Å². The summed E-state index contributed by atoms with van der Waals surface area (Å²) in [5, 5.41) is 0. The maximum absolute atomic E-state index is 2.33. The van der Waals surface area contributed by atoms with Crippen LogP contribution in [0.3, 0.4) is 0 Å². The summed E-state index contributed by atoms with van der Waals surface area (Å²) >= 11 is 0. The van der Waals surface area contributed by atoms with Gasteiger partial charge in [0.1, 0.15) is 18.0 Å². The first kappa shape index (κ1) is 33.6. The van der Waals surface area contributed by atoms with E-state index in [-0.39, 0.29) is 0 Å². The van der Waals surface area contributed by atoms with Gasteiger partial charge in [-0.05, 0) is 36.1 Å². The molecule has 3 nitrogen and oxygen atoms in total. The normalized spacial score (nSPS) is 11.4. The summed E-state index contributed by atoms with van der Waals surface area (Å²) in [5.74, 6) is 0.931. The van der Waals surface area contributed by atoms with Gasteiger partial charge < -0.3 is 4.90 Å². The minimum Gasteiger partial charge on any atom is -0.378 e. The maximum Gasteiger partial charge on any atom is 0.254 e. The zero-order valence-electron chi connectivity index (χ0n) is 29.7. The van der Waals surface area contributed by atoms with Gasteiger partial charge in [-0.3, -0.25) is 0 Å². The van der Waals surface area contributed by atoms with Gasteiger partial charge >= 0.3 is 0 Å². The first-order valence-electron chi connectivity index (χ1n) is 17.5. The lowest BCUT2D eigenvalue weighted by atomic mass is 9.13. The first-order chi connectivity index (χ1) is 23.8. The van der Waals surface area contributed by atoms with Crippen molar-refractivity contribution < 1.29 is 4.40 Å². The monoisotopic (exact) mass is 641 g/mol. The molecule has 0 aliphatic heterocycles. The summed E-state index contributed by atoms with van der Waals surface area (Å²) in [4.78, 5) is 2.20. The van der Waals surface area contributed by atoms with Crippen molar-refractivity contribution in [2.24, 2.45) is 0 Å². The molecule has 7 aromatic rings. The molecule has 0 bridgehead atoms. The molecule has 0 aliphatic carbocycles. The molecule has 0 unspecified atom stereocenters. The van der Waals surface area contributed by atoms with Crippen LogP contribution in [0.4, 0.5) is 5.69 Å². The van der Waals surface area contributed by atoms with Crippen molar-refractivity contribution in [1.82, 2.24) is 4.57 Å². The predicted octanol–water partition coefficient (Wildman–Crippen LogP) is 7.59. The smallest absolute Gasteiger partial charge is 0.254 e. The number of imidazole rings is 1. The molecule has 2 heterocycles. The van der Waals surface area contributed by atoms with E-state index >= 15 is 0 Å². The predicted molar refractivity (Wildman–Crippen MR) is 211 cm³/mol. The quantitative estimate of drug-likeness (QED) is 0.123. The van der Waals surface area contributed by atoms with Gasteiger partial charge in [0.25, 0.3) is 6.33 Å². The molecule has 0 saturated carbocycles. The van der Waals surface area contributed by atoms with Crippen LogP contribution >= 0.6 is 0 Å². The Morgan fingerprint density at radius 2 is 0.918 bits per heavy atom. The van der Waals surface area contributed by atoms with Gasteiger partial charge in [0.15, 0.2) is 5.52 Å².